The summed E-state index contributed by atoms with van der Waals surface area (Å²) in [5, 5.41) is 1.18. The van der Waals surface area contributed by atoms with Crippen LogP contribution in [0.15, 0.2) is 24.3 Å². The predicted molar refractivity (Wildman–Crippen MR) is 84.2 cm³/mol. The van der Waals surface area contributed by atoms with Crippen molar-refractivity contribution in [2.45, 2.75) is 40.2 Å². The smallest absolute Gasteiger partial charge is 0.270 e. The molecule has 0 aliphatic carbocycles. The van der Waals surface area contributed by atoms with Gasteiger partial charge in [0, 0.05) is 31.0 Å². The monoisotopic (exact) mass is 272 g/mol. The normalized spacial score (nSPS) is 11.0. The second-order valence-electron chi connectivity index (χ2n) is 5.32. The molecule has 108 valence electrons. The summed E-state index contributed by atoms with van der Waals surface area (Å²) in [6.07, 6.45) is 2.15. The molecule has 0 N–H and O–H groups in total. The second kappa shape index (κ2) is 6.12. The first-order valence-corrected chi connectivity index (χ1v) is 7.45. The highest BCUT2D eigenvalue weighted by atomic mass is 16.2. The lowest BCUT2D eigenvalue weighted by Gasteiger charge is -2.18. The van der Waals surface area contributed by atoms with Gasteiger partial charge >= 0.3 is 0 Å². The van der Waals surface area contributed by atoms with E-state index in [-0.39, 0.29) is 5.91 Å². The van der Waals surface area contributed by atoms with E-state index in [9.17, 15) is 4.79 Å². The van der Waals surface area contributed by atoms with E-state index in [1.54, 1.807) is 0 Å². The summed E-state index contributed by atoms with van der Waals surface area (Å²) in [6, 6.07) is 8.25. The molecule has 0 aliphatic heterocycles. The Hall–Kier alpha value is -1.77. The summed E-state index contributed by atoms with van der Waals surface area (Å²) < 4.78 is 2.13. The van der Waals surface area contributed by atoms with Crippen molar-refractivity contribution in [3.8, 4) is 0 Å². The molecule has 3 nitrogen and oxygen atoms in total. The Balaban J connectivity index is 2.48. The van der Waals surface area contributed by atoms with E-state index in [0.29, 0.717) is 0 Å². The second-order valence-corrected chi connectivity index (χ2v) is 5.32. The number of hydrogen-bond donors (Lipinski definition) is 0. The van der Waals surface area contributed by atoms with Gasteiger partial charge in [0.25, 0.3) is 5.91 Å². The van der Waals surface area contributed by atoms with E-state index in [1.807, 2.05) is 24.1 Å². The molecule has 2 aromatic rings. The fourth-order valence-electron chi connectivity index (χ4n) is 2.76. The zero-order valence-corrected chi connectivity index (χ0v) is 12.9. The molecule has 0 unspecified atom stereocenters. The Morgan fingerprint density at radius 2 is 1.95 bits per heavy atom. The van der Waals surface area contributed by atoms with Crippen molar-refractivity contribution in [2.24, 2.45) is 0 Å². The molecular weight excluding hydrogens is 248 g/mol. The number of rotatable bonds is 5. The van der Waals surface area contributed by atoms with Crippen molar-refractivity contribution in [1.82, 2.24) is 9.47 Å². The summed E-state index contributed by atoms with van der Waals surface area (Å²) in [5.74, 6) is 0.133. The lowest BCUT2D eigenvalue weighted by Crippen LogP contribution is -2.30. The van der Waals surface area contributed by atoms with Crippen LogP contribution in [0.2, 0.25) is 0 Å². The van der Waals surface area contributed by atoms with E-state index in [1.165, 1.54) is 5.39 Å². The topological polar surface area (TPSA) is 25.2 Å². The molecule has 3 heteroatoms. The summed E-state index contributed by atoms with van der Waals surface area (Å²) in [7, 11) is 1.90. The molecule has 20 heavy (non-hydrogen) atoms. The zero-order chi connectivity index (χ0) is 14.7. The number of hydrogen-bond acceptors (Lipinski definition) is 1. The molecule has 0 spiro atoms. The molecule has 0 atom stereocenters. The van der Waals surface area contributed by atoms with Crippen LogP contribution < -0.4 is 0 Å². The highest BCUT2D eigenvalue weighted by Crippen LogP contribution is 2.26. The van der Waals surface area contributed by atoms with Crippen LogP contribution in [0, 0.1) is 6.92 Å². The van der Waals surface area contributed by atoms with Crippen LogP contribution in [0.1, 0.15) is 42.7 Å². The Labute approximate surface area is 121 Å². The van der Waals surface area contributed by atoms with Gasteiger partial charge in [0.15, 0.2) is 0 Å². The molecule has 0 fully saturated rings. The maximum atomic E-state index is 12.7. The third-order valence-electron chi connectivity index (χ3n) is 3.94. The number of amides is 1. The van der Waals surface area contributed by atoms with Gasteiger partial charge in [-0.3, -0.25) is 4.79 Å². The molecule has 0 radical (unpaired) electrons. The van der Waals surface area contributed by atoms with Gasteiger partial charge in [0.1, 0.15) is 5.69 Å². The Kier molecular flexibility index (Phi) is 4.48. The quantitative estimate of drug-likeness (QED) is 0.811. The number of aryl methyl sites for hydroxylation is 2. The third-order valence-corrected chi connectivity index (χ3v) is 3.94. The summed E-state index contributed by atoms with van der Waals surface area (Å²) in [4.78, 5) is 14.6. The van der Waals surface area contributed by atoms with Gasteiger partial charge in [-0.15, -0.1) is 0 Å². The Morgan fingerprint density at radius 3 is 2.60 bits per heavy atom. The average molecular weight is 272 g/mol. The van der Waals surface area contributed by atoms with Gasteiger partial charge in [-0.2, -0.15) is 0 Å². The number of para-hydroxylation sites is 1. The van der Waals surface area contributed by atoms with E-state index < -0.39 is 0 Å². The van der Waals surface area contributed by atoms with Crippen LogP contribution in [0.5, 0.6) is 0 Å². The van der Waals surface area contributed by atoms with E-state index in [0.717, 1.165) is 42.7 Å². The minimum atomic E-state index is 0.133. The molecule has 0 saturated carbocycles. The fourth-order valence-corrected chi connectivity index (χ4v) is 2.76. The standard InChI is InChI=1S/C17H24N2O/c1-5-7-12-18(4)17(20)16-13(3)14-10-8-9-11-15(14)19(16)6-2/h8-11H,5-7,12H2,1-4H3. The van der Waals surface area contributed by atoms with Crippen LogP contribution in [-0.2, 0) is 6.54 Å². The molecule has 1 aromatic carbocycles. The highest BCUT2D eigenvalue weighted by Gasteiger charge is 2.21. The van der Waals surface area contributed by atoms with Crippen molar-refractivity contribution in [3.05, 3.63) is 35.5 Å². The van der Waals surface area contributed by atoms with Gasteiger partial charge in [-0.1, -0.05) is 31.5 Å². The van der Waals surface area contributed by atoms with Gasteiger partial charge < -0.3 is 9.47 Å². The number of carbonyl (C=O) groups is 1. The lowest BCUT2D eigenvalue weighted by atomic mass is 10.1. The van der Waals surface area contributed by atoms with Gasteiger partial charge in [-0.25, -0.2) is 0 Å². The number of carbonyl (C=O) groups excluding carboxylic acids is 1. The molecule has 1 heterocycles. The van der Waals surface area contributed by atoms with Crippen molar-refractivity contribution >= 4 is 16.8 Å². The Bertz CT molecular complexity index is 613. The molecule has 0 bridgehead atoms. The minimum Gasteiger partial charge on any atom is -0.340 e. The van der Waals surface area contributed by atoms with Crippen molar-refractivity contribution < 1.29 is 4.79 Å². The number of benzene rings is 1. The van der Waals surface area contributed by atoms with Crippen LogP contribution >= 0.6 is 0 Å². The van der Waals surface area contributed by atoms with Gasteiger partial charge in [0.2, 0.25) is 0 Å². The first-order valence-electron chi connectivity index (χ1n) is 7.45. The van der Waals surface area contributed by atoms with Gasteiger partial charge in [0.05, 0.1) is 0 Å². The molecule has 1 aromatic heterocycles. The number of unbranched alkanes of at least 4 members (excludes halogenated alkanes) is 1. The number of nitrogens with zero attached hydrogens (tertiary/aromatic N) is 2. The third kappa shape index (κ3) is 2.45. The summed E-state index contributed by atoms with van der Waals surface area (Å²) in [5.41, 5.74) is 3.09. The van der Waals surface area contributed by atoms with Crippen LogP contribution in [0.4, 0.5) is 0 Å². The average Bonchev–Trinajstić information content (AvgIpc) is 2.76. The van der Waals surface area contributed by atoms with Crippen molar-refractivity contribution in [1.29, 1.82) is 0 Å². The van der Waals surface area contributed by atoms with E-state index in [2.05, 4.69) is 37.5 Å². The SMILES string of the molecule is CCCCN(C)C(=O)c1c(C)c2ccccc2n1CC. The zero-order valence-electron chi connectivity index (χ0n) is 12.9. The van der Waals surface area contributed by atoms with Crippen LogP contribution in [0.25, 0.3) is 10.9 Å². The summed E-state index contributed by atoms with van der Waals surface area (Å²) >= 11 is 0. The molecule has 1 amide bonds. The first kappa shape index (κ1) is 14.6. The maximum Gasteiger partial charge on any atom is 0.270 e. The molecule has 0 saturated heterocycles. The molecule has 0 aliphatic rings. The first-order chi connectivity index (χ1) is 9.61. The maximum absolute atomic E-state index is 12.7. The fraction of sp³-hybridized carbons (Fsp3) is 0.471. The van der Waals surface area contributed by atoms with Crippen LogP contribution in [0.3, 0.4) is 0 Å². The van der Waals surface area contributed by atoms with E-state index >= 15 is 0 Å². The minimum absolute atomic E-state index is 0.133. The van der Waals surface area contributed by atoms with E-state index in [4.69, 9.17) is 0 Å². The Morgan fingerprint density at radius 1 is 1.25 bits per heavy atom. The van der Waals surface area contributed by atoms with Crippen molar-refractivity contribution in [2.75, 3.05) is 13.6 Å². The van der Waals surface area contributed by atoms with Crippen molar-refractivity contribution in [3.63, 3.8) is 0 Å². The lowest BCUT2D eigenvalue weighted by molar-refractivity contribution is 0.0782. The molecular formula is C17H24N2O. The predicted octanol–water partition coefficient (Wildman–Crippen LogP) is 3.84. The molecule has 2 rings (SSSR count). The largest absolute Gasteiger partial charge is 0.340 e. The highest BCUT2D eigenvalue weighted by molar-refractivity contribution is 6.01. The number of fused-ring (bicyclic) bond motifs is 1. The van der Waals surface area contributed by atoms with Crippen LogP contribution in [-0.4, -0.2) is 29.0 Å². The number of aromatic nitrogens is 1. The van der Waals surface area contributed by atoms with Gasteiger partial charge in [-0.05, 0) is 31.9 Å². The summed E-state index contributed by atoms with van der Waals surface area (Å²) in [6.45, 7) is 7.92.